The van der Waals surface area contributed by atoms with Gasteiger partial charge < -0.3 is 19.5 Å². The molecule has 2 heterocycles. The topological polar surface area (TPSA) is 73.9 Å². The van der Waals surface area contributed by atoms with Crippen molar-refractivity contribution in [3.8, 4) is 11.5 Å². The number of hydrogen-bond acceptors (Lipinski definition) is 6. The zero-order valence-corrected chi connectivity index (χ0v) is 15.9. The Morgan fingerprint density at radius 1 is 1.30 bits per heavy atom. The molecule has 4 rings (SSSR count). The summed E-state index contributed by atoms with van der Waals surface area (Å²) in [6.45, 7) is 2.49. The Morgan fingerprint density at radius 2 is 2.15 bits per heavy atom. The molecule has 142 valence electrons. The predicted molar refractivity (Wildman–Crippen MR) is 100 cm³/mol. The standard InChI is InChI=1S/C20H21NO5S/c1-12-2-4-14-15(10-27-18(14)6-12)20(23)24-9-19(22)21-8-13-3-5-16-17(7-13)26-11-25-16/h3,5,7,10,12H,2,4,6,8-9,11H2,1H3,(H,21,22). The molecule has 1 aromatic heterocycles. The van der Waals surface area contributed by atoms with Crippen LogP contribution in [-0.2, 0) is 28.9 Å². The van der Waals surface area contributed by atoms with Crippen LogP contribution in [0.15, 0.2) is 23.6 Å². The number of ether oxygens (including phenoxy) is 3. The van der Waals surface area contributed by atoms with Crippen LogP contribution in [0.3, 0.4) is 0 Å². The molecule has 27 heavy (non-hydrogen) atoms. The van der Waals surface area contributed by atoms with Crippen LogP contribution in [0.2, 0.25) is 0 Å². The number of hydrogen-bond donors (Lipinski definition) is 1. The number of carbonyl (C=O) groups is 2. The summed E-state index contributed by atoms with van der Waals surface area (Å²) in [5.41, 5.74) is 2.61. The summed E-state index contributed by atoms with van der Waals surface area (Å²) in [4.78, 5) is 25.6. The Balaban J connectivity index is 1.27. The molecule has 0 saturated carbocycles. The van der Waals surface area contributed by atoms with Crippen LogP contribution in [-0.4, -0.2) is 25.3 Å². The average Bonchev–Trinajstić information content (AvgIpc) is 3.30. The van der Waals surface area contributed by atoms with Gasteiger partial charge in [0.25, 0.3) is 5.91 Å². The number of thiophene rings is 1. The maximum absolute atomic E-state index is 12.3. The zero-order chi connectivity index (χ0) is 18.8. The van der Waals surface area contributed by atoms with Crippen LogP contribution in [0, 0.1) is 5.92 Å². The fraction of sp³-hybridized carbons (Fsp3) is 0.400. The minimum absolute atomic E-state index is 0.215. The summed E-state index contributed by atoms with van der Waals surface area (Å²) in [6, 6.07) is 5.50. The van der Waals surface area contributed by atoms with E-state index in [0.29, 0.717) is 29.5 Å². The number of fused-ring (bicyclic) bond motifs is 2. The molecule has 0 bridgehead atoms. The second-order valence-electron chi connectivity index (χ2n) is 6.94. The molecular formula is C20H21NO5S. The maximum Gasteiger partial charge on any atom is 0.339 e. The van der Waals surface area contributed by atoms with Crippen molar-refractivity contribution in [1.29, 1.82) is 0 Å². The fourth-order valence-corrected chi connectivity index (χ4v) is 4.59. The van der Waals surface area contributed by atoms with Crippen molar-refractivity contribution in [2.45, 2.75) is 32.7 Å². The molecule has 1 amide bonds. The van der Waals surface area contributed by atoms with Crippen molar-refractivity contribution < 1.29 is 23.8 Å². The van der Waals surface area contributed by atoms with E-state index in [1.54, 1.807) is 11.3 Å². The third-order valence-electron chi connectivity index (χ3n) is 4.88. The first-order chi connectivity index (χ1) is 13.1. The molecule has 7 heteroatoms. The molecule has 2 aliphatic rings. The highest BCUT2D eigenvalue weighted by atomic mass is 32.1. The van der Waals surface area contributed by atoms with Gasteiger partial charge in [0.15, 0.2) is 18.1 Å². The summed E-state index contributed by atoms with van der Waals surface area (Å²) in [7, 11) is 0. The molecule has 1 aliphatic heterocycles. The van der Waals surface area contributed by atoms with E-state index in [2.05, 4.69) is 12.2 Å². The lowest BCUT2D eigenvalue weighted by Crippen LogP contribution is -2.28. The average molecular weight is 387 g/mol. The summed E-state index contributed by atoms with van der Waals surface area (Å²) < 4.78 is 15.8. The summed E-state index contributed by atoms with van der Waals surface area (Å²) >= 11 is 1.61. The summed E-state index contributed by atoms with van der Waals surface area (Å²) in [5.74, 6) is 1.28. The van der Waals surface area contributed by atoms with E-state index in [0.717, 1.165) is 30.4 Å². The largest absolute Gasteiger partial charge is 0.454 e. The Morgan fingerprint density at radius 3 is 3.04 bits per heavy atom. The van der Waals surface area contributed by atoms with E-state index in [4.69, 9.17) is 14.2 Å². The smallest absolute Gasteiger partial charge is 0.339 e. The first-order valence-electron chi connectivity index (χ1n) is 9.01. The lowest BCUT2D eigenvalue weighted by Gasteiger charge is -2.18. The molecule has 1 aliphatic carbocycles. The van der Waals surface area contributed by atoms with Crippen LogP contribution < -0.4 is 14.8 Å². The lowest BCUT2D eigenvalue weighted by atomic mass is 9.88. The van der Waals surface area contributed by atoms with Gasteiger partial charge in [-0.25, -0.2) is 4.79 Å². The Labute approximate surface area is 161 Å². The van der Waals surface area contributed by atoms with Crippen molar-refractivity contribution in [2.24, 2.45) is 5.92 Å². The normalized spacial score (nSPS) is 17.3. The number of amides is 1. The molecule has 1 atom stereocenters. The molecule has 0 spiro atoms. The van der Waals surface area contributed by atoms with Crippen molar-refractivity contribution in [3.05, 3.63) is 45.1 Å². The van der Waals surface area contributed by atoms with Gasteiger partial charge in [0.2, 0.25) is 6.79 Å². The van der Waals surface area contributed by atoms with E-state index in [1.165, 1.54) is 4.88 Å². The molecule has 0 saturated heterocycles. The predicted octanol–water partition coefficient (Wildman–Crippen LogP) is 3.07. The van der Waals surface area contributed by atoms with Crippen molar-refractivity contribution in [1.82, 2.24) is 5.32 Å². The molecule has 2 aromatic rings. The number of esters is 1. The zero-order valence-electron chi connectivity index (χ0n) is 15.1. The van der Waals surface area contributed by atoms with Crippen LogP contribution in [0.25, 0.3) is 0 Å². The molecule has 1 unspecified atom stereocenters. The molecule has 0 fully saturated rings. The first kappa shape index (κ1) is 17.9. The highest BCUT2D eigenvalue weighted by molar-refractivity contribution is 7.10. The Kier molecular flexibility index (Phi) is 5.03. The van der Waals surface area contributed by atoms with Gasteiger partial charge >= 0.3 is 5.97 Å². The van der Waals surface area contributed by atoms with Crippen molar-refractivity contribution in [3.63, 3.8) is 0 Å². The summed E-state index contributed by atoms with van der Waals surface area (Å²) in [5, 5.41) is 4.61. The van der Waals surface area contributed by atoms with Crippen molar-refractivity contribution in [2.75, 3.05) is 13.4 Å². The van der Waals surface area contributed by atoms with E-state index < -0.39 is 5.97 Å². The van der Waals surface area contributed by atoms with Gasteiger partial charge in [-0.3, -0.25) is 4.79 Å². The minimum Gasteiger partial charge on any atom is -0.454 e. The second kappa shape index (κ2) is 7.60. The van der Waals surface area contributed by atoms with Crippen LogP contribution >= 0.6 is 11.3 Å². The van der Waals surface area contributed by atoms with Gasteiger partial charge in [0.1, 0.15) is 0 Å². The number of rotatable bonds is 5. The third-order valence-corrected chi connectivity index (χ3v) is 5.93. The molecule has 1 aromatic carbocycles. The van der Waals surface area contributed by atoms with Gasteiger partial charge in [-0.15, -0.1) is 11.3 Å². The van der Waals surface area contributed by atoms with E-state index >= 15 is 0 Å². The Hall–Kier alpha value is -2.54. The number of nitrogens with one attached hydrogen (secondary N) is 1. The van der Waals surface area contributed by atoms with Crippen LogP contribution in [0.4, 0.5) is 0 Å². The number of carbonyl (C=O) groups excluding carboxylic acids is 2. The van der Waals surface area contributed by atoms with E-state index in [1.807, 2.05) is 23.6 Å². The number of benzene rings is 1. The van der Waals surface area contributed by atoms with Gasteiger partial charge in [-0.1, -0.05) is 13.0 Å². The van der Waals surface area contributed by atoms with Crippen LogP contribution in [0.5, 0.6) is 11.5 Å². The molecular weight excluding hydrogens is 366 g/mol. The molecule has 1 N–H and O–H groups in total. The quantitative estimate of drug-likeness (QED) is 0.798. The minimum atomic E-state index is -0.416. The SMILES string of the molecule is CC1CCc2c(C(=O)OCC(=O)NCc3ccc4c(c3)OCO4)csc2C1. The van der Waals surface area contributed by atoms with Gasteiger partial charge in [-0.05, 0) is 48.4 Å². The van der Waals surface area contributed by atoms with Gasteiger partial charge in [-0.2, -0.15) is 0 Å². The summed E-state index contributed by atoms with van der Waals surface area (Å²) in [6.07, 6.45) is 3.00. The fourth-order valence-electron chi connectivity index (χ4n) is 3.36. The molecule has 0 radical (unpaired) electrons. The first-order valence-corrected chi connectivity index (χ1v) is 9.89. The van der Waals surface area contributed by atoms with Crippen LogP contribution in [0.1, 0.15) is 39.7 Å². The lowest BCUT2D eigenvalue weighted by molar-refractivity contribution is -0.124. The van der Waals surface area contributed by atoms with Gasteiger partial charge in [0, 0.05) is 16.8 Å². The highest BCUT2D eigenvalue weighted by Crippen LogP contribution is 2.33. The third kappa shape index (κ3) is 3.93. The van der Waals surface area contributed by atoms with Crippen molar-refractivity contribution >= 4 is 23.2 Å². The van der Waals surface area contributed by atoms with E-state index in [9.17, 15) is 9.59 Å². The Bertz CT molecular complexity index is 875. The highest BCUT2D eigenvalue weighted by Gasteiger charge is 2.24. The monoisotopic (exact) mass is 387 g/mol. The van der Waals surface area contributed by atoms with E-state index in [-0.39, 0.29) is 19.3 Å². The molecule has 6 nitrogen and oxygen atoms in total. The second-order valence-corrected chi connectivity index (χ2v) is 7.90. The maximum atomic E-state index is 12.3. The van der Waals surface area contributed by atoms with Gasteiger partial charge in [0.05, 0.1) is 5.56 Å².